The van der Waals surface area contributed by atoms with E-state index in [0.29, 0.717) is 22.6 Å². The Morgan fingerprint density at radius 2 is 1.82 bits per heavy atom. The third-order valence-corrected chi connectivity index (χ3v) is 4.82. The Kier molecular flexibility index (Phi) is 4.39. The van der Waals surface area contributed by atoms with Crippen LogP contribution in [0.2, 0.25) is 0 Å². The number of rotatable bonds is 3. The molecule has 0 aliphatic rings. The van der Waals surface area contributed by atoms with Crippen LogP contribution in [0.15, 0.2) is 53.3 Å². The first-order chi connectivity index (χ1) is 13.5. The van der Waals surface area contributed by atoms with Crippen molar-refractivity contribution >= 4 is 22.5 Å². The largest absolute Gasteiger partial charge is 0.456 e. The van der Waals surface area contributed by atoms with Gasteiger partial charge in [-0.25, -0.2) is 9.78 Å². The van der Waals surface area contributed by atoms with Crippen molar-refractivity contribution in [2.75, 3.05) is 0 Å². The molecule has 0 aliphatic heterocycles. The molecule has 0 aliphatic carbocycles. The summed E-state index contributed by atoms with van der Waals surface area (Å²) in [4.78, 5) is 34.0. The number of esters is 1. The maximum absolute atomic E-state index is 12.7. The summed E-state index contributed by atoms with van der Waals surface area (Å²) in [6.45, 7) is 5.44. The Morgan fingerprint density at radius 3 is 2.64 bits per heavy atom. The first kappa shape index (κ1) is 17.9. The molecule has 3 aromatic heterocycles. The molecule has 0 amide bonds. The van der Waals surface area contributed by atoms with Gasteiger partial charge in [-0.1, -0.05) is 24.3 Å². The molecule has 28 heavy (non-hydrogen) atoms. The molecular formula is C22H19N3O3. The number of ether oxygens (including phenoxy) is 1. The lowest BCUT2D eigenvalue weighted by Gasteiger charge is -2.12. The quantitative estimate of drug-likeness (QED) is 0.514. The van der Waals surface area contributed by atoms with Crippen LogP contribution in [0.25, 0.3) is 16.6 Å². The zero-order valence-electron chi connectivity index (χ0n) is 15.9. The van der Waals surface area contributed by atoms with Gasteiger partial charge in [0.1, 0.15) is 12.3 Å². The van der Waals surface area contributed by atoms with Gasteiger partial charge in [0.15, 0.2) is 0 Å². The van der Waals surface area contributed by atoms with Crippen LogP contribution < -0.4 is 5.56 Å². The second-order valence-corrected chi connectivity index (χ2v) is 6.74. The molecule has 0 fully saturated rings. The maximum Gasteiger partial charge on any atom is 0.340 e. The van der Waals surface area contributed by atoms with E-state index in [9.17, 15) is 9.59 Å². The molecule has 140 valence electrons. The highest BCUT2D eigenvalue weighted by molar-refractivity contribution is 5.98. The molecule has 4 aromatic rings. The number of hydrogen-bond acceptors (Lipinski definition) is 5. The predicted molar refractivity (Wildman–Crippen MR) is 107 cm³/mol. The number of aromatic nitrogens is 3. The van der Waals surface area contributed by atoms with Gasteiger partial charge in [0, 0.05) is 17.1 Å². The first-order valence-corrected chi connectivity index (χ1v) is 8.97. The van der Waals surface area contributed by atoms with E-state index in [1.807, 2.05) is 50.2 Å². The Bertz CT molecular complexity index is 1290. The average Bonchev–Trinajstić information content (AvgIpc) is 2.66. The third kappa shape index (κ3) is 3.03. The summed E-state index contributed by atoms with van der Waals surface area (Å²) in [5, 5.41) is 0.914. The number of carbonyl (C=O) groups is 1. The molecule has 0 bridgehead atoms. The van der Waals surface area contributed by atoms with Crippen LogP contribution in [0.5, 0.6) is 0 Å². The van der Waals surface area contributed by atoms with Gasteiger partial charge < -0.3 is 4.74 Å². The zero-order chi connectivity index (χ0) is 19.8. The summed E-state index contributed by atoms with van der Waals surface area (Å²) >= 11 is 0. The van der Waals surface area contributed by atoms with Gasteiger partial charge in [0.05, 0.1) is 22.5 Å². The van der Waals surface area contributed by atoms with Crippen LogP contribution in [0.4, 0.5) is 0 Å². The van der Waals surface area contributed by atoms with Gasteiger partial charge >= 0.3 is 5.97 Å². The monoisotopic (exact) mass is 373 g/mol. The van der Waals surface area contributed by atoms with Crippen molar-refractivity contribution in [2.24, 2.45) is 0 Å². The van der Waals surface area contributed by atoms with Crippen molar-refractivity contribution in [2.45, 2.75) is 27.4 Å². The van der Waals surface area contributed by atoms with Gasteiger partial charge in [-0.05, 0) is 44.5 Å². The summed E-state index contributed by atoms with van der Waals surface area (Å²) in [7, 11) is 0. The second kappa shape index (κ2) is 6.88. The Morgan fingerprint density at radius 1 is 1.04 bits per heavy atom. The van der Waals surface area contributed by atoms with Crippen LogP contribution in [-0.4, -0.2) is 20.3 Å². The zero-order valence-corrected chi connectivity index (χ0v) is 15.9. The number of nitrogens with zero attached hydrogens (tertiary/aromatic N) is 3. The van der Waals surface area contributed by atoms with Gasteiger partial charge in [-0.2, -0.15) is 0 Å². The van der Waals surface area contributed by atoms with Crippen molar-refractivity contribution in [1.29, 1.82) is 0 Å². The smallest absolute Gasteiger partial charge is 0.340 e. The van der Waals surface area contributed by atoms with E-state index < -0.39 is 5.97 Å². The molecule has 6 heteroatoms. The molecule has 4 rings (SSSR count). The fourth-order valence-electron chi connectivity index (χ4n) is 3.48. The molecule has 0 saturated carbocycles. The van der Waals surface area contributed by atoms with E-state index in [1.165, 1.54) is 10.5 Å². The minimum Gasteiger partial charge on any atom is -0.456 e. The molecule has 1 aromatic carbocycles. The van der Waals surface area contributed by atoms with Crippen molar-refractivity contribution in [1.82, 2.24) is 14.4 Å². The topological polar surface area (TPSA) is 73.6 Å². The lowest BCUT2D eigenvalue weighted by Crippen LogP contribution is -2.19. The van der Waals surface area contributed by atoms with E-state index in [1.54, 1.807) is 13.0 Å². The maximum atomic E-state index is 12.7. The standard InChI is InChI=1S/C22H19N3O3/c1-13-7-6-10-19-24-16(11-20(26)25(13)19)12-28-22(27)21-14(2)17-8-4-5-9-18(17)23-15(21)3/h4-11H,12H2,1-3H3. The van der Waals surface area contributed by atoms with Crippen LogP contribution >= 0.6 is 0 Å². The molecule has 0 N–H and O–H groups in total. The number of carbonyl (C=O) groups excluding carboxylic acids is 1. The predicted octanol–water partition coefficient (Wildman–Crippen LogP) is 3.52. The number of benzene rings is 1. The van der Waals surface area contributed by atoms with Crippen LogP contribution in [-0.2, 0) is 11.3 Å². The van der Waals surface area contributed by atoms with Crippen LogP contribution in [0.1, 0.15) is 33.0 Å². The minimum absolute atomic E-state index is 0.0791. The van der Waals surface area contributed by atoms with E-state index in [2.05, 4.69) is 9.97 Å². The highest BCUT2D eigenvalue weighted by atomic mass is 16.5. The van der Waals surface area contributed by atoms with E-state index in [4.69, 9.17) is 4.74 Å². The molecule has 0 atom stereocenters. The average molecular weight is 373 g/mol. The molecule has 0 saturated heterocycles. The molecule has 0 spiro atoms. The number of hydrogen-bond donors (Lipinski definition) is 0. The Hall–Kier alpha value is -3.54. The summed E-state index contributed by atoms with van der Waals surface area (Å²) in [5.74, 6) is -0.473. The summed E-state index contributed by atoms with van der Waals surface area (Å²) in [6.07, 6.45) is 0. The van der Waals surface area contributed by atoms with E-state index in [0.717, 1.165) is 22.2 Å². The SMILES string of the molecule is Cc1nc2ccccc2c(C)c1C(=O)OCc1cc(=O)n2c(C)cccc2n1. The van der Waals surface area contributed by atoms with Crippen molar-refractivity contribution in [3.8, 4) is 0 Å². The number of aryl methyl sites for hydroxylation is 3. The van der Waals surface area contributed by atoms with Gasteiger partial charge in [0.2, 0.25) is 0 Å². The lowest BCUT2D eigenvalue weighted by molar-refractivity contribution is 0.0465. The second-order valence-electron chi connectivity index (χ2n) is 6.74. The molecule has 6 nitrogen and oxygen atoms in total. The van der Waals surface area contributed by atoms with Crippen LogP contribution in [0, 0.1) is 20.8 Å². The third-order valence-electron chi connectivity index (χ3n) is 4.82. The van der Waals surface area contributed by atoms with Crippen molar-refractivity contribution in [3.63, 3.8) is 0 Å². The van der Waals surface area contributed by atoms with Gasteiger partial charge in [-0.15, -0.1) is 0 Å². The van der Waals surface area contributed by atoms with Gasteiger partial charge in [0.25, 0.3) is 5.56 Å². The van der Waals surface area contributed by atoms with Crippen LogP contribution in [0.3, 0.4) is 0 Å². The summed E-state index contributed by atoms with van der Waals surface area (Å²) in [5.41, 5.74) is 4.27. The van der Waals surface area contributed by atoms with E-state index in [-0.39, 0.29) is 12.2 Å². The molecular weight excluding hydrogens is 354 g/mol. The van der Waals surface area contributed by atoms with Crippen molar-refractivity contribution in [3.05, 3.63) is 87.1 Å². The van der Waals surface area contributed by atoms with Gasteiger partial charge in [-0.3, -0.25) is 14.2 Å². The molecule has 0 radical (unpaired) electrons. The lowest BCUT2D eigenvalue weighted by atomic mass is 10.0. The normalized spacial score (nSPS) is 11.1. The Labute approximate surface area is 161 Å². The van der Waals surface area contributed by atoms with Crippen molar-refractivity contribution < 1.29 is 9.53 Å². The highest BCUT2D eigenvalue weighted by Crippen LogP contribution is 2.23. The van der Waals surface area contributed by atoms with E-state index >= 15 is 0 Å². The first-order valence-electron chi connectivity index (χ1n) is 8.97. The highest BCUT2D eigenvalue weighted by Gasteiger charge is 2.18. The molecule has 3 heterocycles. The minimum atomic E-state index is -0.473. The summed E-state index contributed by atoms with van der Waals surface area (Å²) < 4.78 is 6.99. The fraction of sp³-hybridized carbons (Fsp3) is 0.182. The fourth-order valence-corrected chi connectivity index (χ4v) is 3.48. The number of para-hydroxylation sites is 1. The summed E-state index contributed by atoms with van der Waals surface area (Å²) in [6, 6.07) is 14.5. The number of fused-ring (bicyclic) bond motifs is 2. The number of pyridine rings is 2. The molecule has 0 unspecified atom stereocenters. The Balaban J connectivity index is 1.64.